The Bertz CT molecular complexity index is 552. The molecular weight excluding hydrogens is 349 g/mol. The summed E-state index contributed by atoms with van der Waals surface area (Å²) >= 11 is 0. The molecule has 0 bridgehead atoms. The Kier molecular flexibility index (Phi) is 10.8. The molecule has 2 atom stereocenters. The molecule has 0 aliphatic heterocycles. The zero-order chi connectivity index (χ0) is 19.3. The summed E-state index contributed by atoms with van der Waals surface area (Å²) in [5.74, 6) is 0.264. The molecule has 0 saturated carbocycles. The van der Waals surface area contributed by atoms with Crippen molar-refractivity contribution < 1.29 is 23.0 Å². The van der Waals surface area contributed by atoms with Crippen molar-refractivity contribution in [1.29, 1.82) is 0 Å². The molecule has 26 heavy (non-hydrogen) atoms. The summed E-state index contributed by atoms with van der Waals surface area (Å²) < 4.78 is 22.5. The Hall–Kier alpha value is -1.13. The van der Waals surface area contributed by atoms with E-state index in [1.807, 2.05) is 6.20 Å². The third-order valence-corrected chi connectivity index (χ3v) is 5.42. The van der Waals surface area contributed by atoms with E-state index in [-0.39, 0.29) is 12.4 Å². The lowest BCUT2D eigenvalue weighted by Gasteiger charge is -2.30. The molecule has 1 rings (SSSR count). The van der Waals surface area contributed by atoms with Crippen molar-refractivity contribution in [3.63, 3.8) is 0 Å². The summed E-state index contributed by atoms with van der Waals surface area (Å²) in [4.78, 5) is 11.8. The number of nitrogens with zero attached hydrogens (tertiary/aromatic N) is 1. The minimum atomic E-state index is -4.32. The number of quaternary nitrogens is 1. The lowest BCUT2D eigenvalue weighted by atomic mass is 10.1. The number of hydrogen-bond acceptors (Lipinski definition) is 4. The summed E-state index contributed by atoms with van der Waals surface area (Å²) in [6.45, 7) is 8.09. The lowest BCUT2D eigenvalue weighted by Crippen LogP contribution is -2.40. The van der Waals surface area contributed by atoms with E-state index in [4.69, 9.17) is 9.05 Å². The molecule has 1 aromatic rings. The summed E-state index contributed by atoms with van der Waals surface area (Å²) in [6, 6.07) is 8.39. The molecule has 0 N–H and O–H groups in total. The van der Waals surface area contributed by atoms with Crippen LogP contribution in [0.25, 0.3) is 0 Å². The van der Waals surface area contributed by atoms with E-state index >= 15 is 0 Å². The molecule has 0 aliphatic carbocycles. The zero-order valence-corrected chi connectivity index (χ0v) is 17.2. The standard InChI is InChI=1S/C20H34NO4P/c1-4-6-7-8-9-13-17-21(3,5-2)18-14-19-24-26(22,23)25-20-15-11-10-12-16-20/h5,10-12,15-16H,2,4,6-9,13-14,17-19H2,1,3H3. The van der Waals surface area contributed by atoms with E-state index in [1.165, 1.54) is 32.1 Å². The largest absolute Gasteiger partial charge is 0.746 e. The Labute approximate surface area is 158 Å². The Morgan fingerprint density at radius 3 is 2.35 bits per heavy atom. The first-order valence-corrected chi connectivity index (χ1v) is 11.0. The highest BCUT2D eigenvalue weighted by molar-refractivity contribution is 7.46. The van der Waals surface area contributed by atoms with Crippen molar-refractivity contribution in [3.8, 4) is 5.75 Å². The van der Waals surface area contributed by atoms with Gasteiger partial charge in [-0.3, -0.25) is 4.57 Å². The van der Waals surface area contributed by atoms with Crippen LogP contribution in [0.15, 0.2) is 43.1 Å². The van der Waals surface area contributed by atoms with Crippen LogP contribution in [0.2, 0.25) is 0 Å². The van der Waals surface area contributed by atoms with Gasteiger partial charge in [-0.25, -0.2) is 0 Å². The second kappa shape index (κ2) is 12.3. The van der Waals surface area contributed by atoms with Crippen molar-refractivity contribution in [2.75, 3.05) is 26.7 Å². The number of para-hydroxylation sites is 1. The second-order valence-electron chi connectivity index (χ2n) is 6.92. The monoisotopic (exact) mass is 383 g/mol. The molecule has 0 spiro atoms. The van der Waals surface area contributed by atoms with Gasteiger partial charge in [0.15, 0.2) is 0 Å². The van der Waals surface area contributed by atoms with Crippen LogP contribution in [0.1, 0.15) is 51.9 Å². The summed E-state index contributed by atoms with van der Waals surface area (Å²) in [6.07, 6.45) is 10.1. The number of unbranched alkanes of at least 4 members (excludes halogenated alkanes) is 5. The molecule has 0 radical (unpaired) electrons. The van der Waals surface area contributed by atoms with Gasteiger partial charge in [0.05, 0.1) is 32.9 Å². The first kappa shape index (κ1) is 22.9. The van der Waals surface area contributed by atoms with Gasteiger partial charge in [0.1, 0.15) is 5.75 Å². The maximum Gasteiger partial charge on any atom is 0.319 e. The van der Waals surface area contributed by atoms with Crippen molar-refractivity contribution in [2.24, 2.45) is 0 Å². The third kappa shape index (κ3) is 10.1. The average molecular weight is 383 g/mol. The van der Waals surface area contributed by atoms with Crippen LogP contribution < -0.4 is 9.42 Å². The number of phosphoric acid groups is 1. The fourth-order valence-electron chi connectivity index (χ4n) is 2.79. The predicted molar refractivity (Wildman–Crippen MR) is 105 cm³/mol. The van der Waals surface area contributed by atoms with Gasteiger partial charge < -0.3 is 18.4 Å². The minimum Gasteiger partial charge on any atom is -0.746 e. The molecular formula is C20H34NO4P. The van der Waals surface area contributed by atoms with E-state index in [2.05, 4.69) is 20.6 Å². The van der Waals surface area contributed by atoms with Crippen LogP contribution in [0.5, 0.6) is 5.75 Å². The van der Waals surface area contributed by atoms with Crippen LogP contribution in [0.4, 0.5) is 0 Å². The topological polar surface area (TPSA) is 58.6 Å². The van der Waals surface area contributed by atoms with E-state index in [0.717, 1.165) is 24.0 Å². The van der Waals surface area contributed by atoms with Crippen LogP contribution in [-0.4, -0.2) is 31.2 Å². The molecule has 5 nitrogen and oxygen atoms in total. The number of hydrogen-bond donors (Lipinski definition) is 0. The minimum absolute atomic E-state index is 0.117. The van der Waals surface area contributed by atoms with E-state index in [1.54, 1.807) is 30.3 Å². The Morgan fingerprint density at radius 2 is 1.69 bits per heavy atom. The summed E-state index contributed by atoms with van der Waals surface area (Å²) in [5.41, 5.74) is 0. The predicted octanol–water partition coefficient (Wildman–Crippen LogP) is 4.89. The normalized spacial score (nSPS) is 15.8. The number of phosphoric ester groups is 1. The van der Waals surface area contributed by atoms with Crippen molar-refractivity contribution >= 4 is 7.82 Å². The van der Waals surface area contributed by atoms with Crippen LogP contribution in [0.3, 0.4) is 0 Å². The molecule has 1 aromatic carbocycles. The average Bonchev–Trinajstić information content (AvgIpc) is 2.62. The summed E-state index contributed by atoms with van der Waals surface area (Å²) in [5, 5.41) is 0. The van der Waals surface area contributed by atoms with Gasteiger partial charge in [-0.2, -0.15) is 0 Å². The number of benzene rings is 1. The Morgan fingerprint density at radius 1 is 1.08 bits per heavy atom. The first-order valence-electron chi connectivity index (χ1n) is 9.59. The fourth-order valence-corrected chi connectivity index (χ4v) is 3.57. The molecule has 2 unspecified atom stereocenters. The molecule has 0 heterocycles. The smallest absolute Gasteiger partial charge is 0.319 e. The zero-order valence-electron chi connectivity index (χ0n) is 16.3. The third-order valence-electron chi connectivity index (χ3n) is 4.49. The van der Waals surface area contributed by atoms with E-state index < -0.39 is 7.82 Å². The fraction of sp³-hybridized carbons (Fsp3) is 0.600. The summed E-state index contributed by atoms with van der Waals surface area (Å²) in [7, 11) is -2.20. The van der Waals surface area contributed by atoms with Gasteiger partial charge in [0.2, 0.25) is 0 Å². The van der Waals surface area contributed by atoms with Crippen molar-refractivity contribution in [3.05, 3.63) is 43.1 Å². The van der Waals surface area contributed by atoms with Gasteiger partial charge in [0, 0.05) is 6.42 Å². The van der Waals surface area contributed by atoms with Gasteiger partial charge in [-0.15, -0.1) is 0 Å². The first-order chi connectivity index (χ1) is 12.4. The molecule has 0 saturated heterocycles. The maximum atomic E-state index is 11.8. The number of rotatable bonds is 15. The van der Waals surface area contributed by atoms with E-state index in [9.17, 15) is 9.46 Å². The Balaban J connectivity index is 2.26. The molecule has 0 aliphatic rings. The molecule has 6 heteroatoms. The quantitative estimate of drug-likeness (QED) is 0.246. The lowest BCUT2D eigenvalue weighted by molar-refractivity contribution is -0.859. The van der Waals surface area contributed by atoms with E-state index in [0.29, 0.717) is 6.42 Å². The highest BCUT2D eigenvalue weighted by Crippen LogP contribution is 2.39. The van der Waals surface area contributed by atoms with Gasteiger partial charge in [-0.05, 0) is 31.6 Å². The molecule has 0 fully saturated rings. The van der Waals surface area contributed by atoms with Crippen LogP contribution in [0, 0.1) is 0 Å². The van der Waals surface area contributed by atoms with Crippen LogP contribution >= 0.6 is 7.82 Å². The van der Waals surface area contributed by atoms with Crippen molar-refractivity contribution in [1.82, 2.24) is 0 Å². The molecule has 0 aromatic heterocycles. The van der Waals surface area contributed by atoms with Crippen LogP contribution in [-0.2, 0) is 9.09 Å². The molecule has 148 valence electrons. The SMILES string of the molecule is C=C[N+](C)(CCCCCCCC)CCCOP(=O)([O-])Oc1ccccc1. The highest BCUT2D eigenvalue weighted by atomic mass is 31.2. The maximum absolute atomic E-state index is 11.8. The van der Waals surface area contributed by atoms with Gasteiger partial charge >= 0.3 is 7.82 Å². The van der Waals surface area contributed by atoms with Gasteiger partial charge in [-0.1, -0.05) is 50.8 Å². The second-order valence-corrected chi connectivity index (χ2v) is 8.25. The van der Waals surface area contributed by atoms with Crippen molar-refractivity contribution in [2.45, 2.75) is 51.9 Å². The molecule has 0 amide bonds. The highest BCUT2D eigenvalue weighted by Gasteiger charge is 2.18. The van der Waals surface area contributed by atoms with Gasteiger partial charge in [0.25, 0.3) is 0 Å².